The molecule has 0 spiro atoms. The van der Waals surface area contributed by atoms with Crippen molar-refractivity contribution in [3.8, 4) is 11.5 Å². The molecule has 2 aliphatic heterocycles. The van der Waals surface area contributed by atoms with Crippen molar-refractivity contribution in [2.45, 2.75) is 58.2 Å². The SMILES string of the molecule is Cc1ccc2c(c1F)OC1CCCC(C2)Oc2c(ccc(C)c2F)C1. The van der Waals surface area contributed by atoms with E-state index in [1.165, 1.54) is 0 Å². The zero-order valence-electron chi connectivity index (χ0n) is 14.6. The zero-order valence-corrected chi connectivity index (χ0v) is 14.6. The van der Waals surface area contributed by atoms with Crippen LogP contribution >= 0.6 is 0 Å². The Labute approximate surface area is 146 Å². The number of ether oxygens (including phenoxy) is 2. The highest BCUT2D eigenvalue weighted by molar-refractivity contribution is 5.43. The third-order valence-corrected chi connectivity index (χ3v) is 5.26. The van der Waals surface area contributed by atoms with Gasteiger partial charge in [-0.3, -0.25) is 0 Å². The maximum Gasteiger partial charge on any atom is 0.168 e. The summed E-state index contributed by atoms with van der Waals surface area (Å²) in [5.74, 6) is 0.103. The molecule has 0 saturated heterocycles. The third-order valence-electron chi connectivity index (χ3n) is 5.26. The lowest BCUT2D eigenvalue weighted by Gasteiger charge is -2.25. The molecule has 2 unspecified atom stereocenters. The molecule has 0 aliphatic carbocycles. The normalized spacial score (nSPS) is 22.2. The van der Waals surface area contributed by atoms with Crippen LogP contribution in [0.15, 0.2) is 24.3 Å². The van der Waals surface area contributed by atoms with E-state index in [9.17, 15) is 8.78 Å². The largest absolute Gasteiger partial charge is 0.487 e. The summed E-state index contributed by atoms with van der Waals surface area (Å²) in [6, 6.07) is 7.35. The first kappa shape index (κ1) is 16.4. The van der Waals surface area contributed by atoms with Crippen molar-refractivity contribution in [2.24, 2.45) is 0 Å². The van der Waals surface area contributed by atoms with Gasteiger partial charge in [-0.15, -0.1) is 0 Å². The van der Waals surface area contributed by atoms with Gasteiger partial charge in [0, 0.05) is 24.0 Å². The average molecular weight is 344 g/mol. The van der Waals surface area contributed by atoms with E-state index in [1.54, 1.807) is 26.0 Å². The number of aryl methyl sites for hydroxylation is 2. The average Bonchev–Trinajstić information content (AvgIpc) is 2.73. The number of hydrogen-bond acceptors (Lipinski definition) is 2. The maximum absolute atomic E-state index is 14.7. The van der Waals surface area contributed by atoms with Gasteiger partial charge < -0.3 is 9.47 Å². The Hall–Kier alpha value is -2.10. The molecular formula is C21H22F2O2. The zero-order chi connectivity index (χ0) is 17.6. The van der Waals surface area contributed by atoms with E-state index >= 15 is 0 Å². The van der Waals surface area contributed by atoms with Crippen LogP contribution in [-0.2, 0) is 12.8 Å². The maximum atomic E-state index is 14.7. The summed E-state index contributed by atoms with van der Waals surface area (Å²) in [5, 5.41) is 0. The summed E-state index contributed by atoms with van der Waals surface area (Å²) in [4.78, 5) is 0. The van der Waals surface area contributed by atoms with Crippen LogP contribution in [0.1, 0.15) is 41.5 Å². The summed E-state index contributed by atoms with van der Waals surface area (Å²) in [6.45, 7) is 3.49. The van der Waals surface area contributed by atoms with Crippen LogP contribution in [0.4, 0.5) is 8.78 Å². The second kappa shape index (κ2) is 6.32. The van der Waals surface area contributed by atoms with Gasteiger partial charge in [0.05, 0.1) is 0 Å². The molecule has 132 valence electrons. The minimum absolute atomic E-state index is 0.184. The van der Waals surface area contributed by atoms with Crippen LogP contribution in [0, 0.1) is 25.5 Å². The lowest BCUT2D eigenvalue weighted by Crippen LogP contribution is -2.24. The highest BCUT2D eigenvalue weighted by Gasteiger charge is 2.29. The van der Waals surface area contributed by atoms with Crippen molar-refractivity contribution in [3.05, 3.63) is 58.2 Å². The minimum Gasteiger partial charge on any atom is -0.487 e. The van der Waals surface area contributed by atoms with Gasteiger partial charge in [0.25, 0.3) is 0 Å². The molecule has 4 rings (SSSR count). The first-order chi connectivity index (χ1) is 12.0. The monoisotopic (exact) mass is 344 g/mol. The molecule has 0 N–H and O–H groups in total. The molecule has 0 radical (unpaired) electrons. The molecule has 25 heavy (non-hydrogen) atoms. The molecule has 0 aromatic heterocycles. The fourth-order valence-electron chi connectivity index (χ4n) is 3.77. The Morgan fingerprint density at radius 3 is 1.64 bits per heavy atom. The van der Waals surface area contributed by atoms with E-state index in [2.05, 4.69) is 0 Å². The van der Waals surface area contributed by atoms with Crippen LogP contribution in [0.2, 0.25) is 0 Å². The summed E-state index contributed by atoms with van der Waals surface area (Å²) in [6.07, 6.45) is 3.20. The Bertz CT molecular complexity index is 749. The van der Waals surface area contributed by atoms with Gasteiger partial charge in [0.2, 0.25) is 0 Å². The van der Waals surface area contributed by atoms with Crippen molar-refractivity contribution < 1.29 is 18.3 Å². The molecule has 2 heterocycles. The van der Waals surface area contributed by atoms with Crippen molar-refractivity contribution >= 4 is 0 Å². The first-order valence-electron chi connectivity index (χ1n) is 8.92. The smallest absolute Gasteiger partial charge is 0.168 e. The summed E-state index contributed by atoms with van der Waals surface area (Å²) < 4.78 is 41.6. The molecule has 2 atom stereocenters. The highest BCUT2D eigenvalue weighted by atomic mass is 19.1. The number of benzene rings is 2. The van der Waals surface area contributed by atoms with Gasteiger partial charge >= 0.3 is 0 Å². The lowest BCUT2D eigenvalue weighted by atomic mass is 10.0. The fourth-order valence-corrected chi connectivity index (χ4v) is 3.77. The van der Waals surface area contributed by atoms with Crippen LogP contribution in [0.3, 0.4) is 0 Å². The van der Waals surface area contributed by atoms with Crippen molar-refractivity contribution in [1.29, 1.82) is 0 Å². The molecule has 0 saturated carbocycles. The van der Waals surface area contributed by atoms with E-state index in [1.807, 2.05) is 12.1 Å². The lowest BCUT2D eigenvalue weighted by molar-refractivity contribution is 0.179. The van der Waals surface area contributed by atoms with Crippen molar-refractivity contribution in [3.63, 3.8) is 0 Å². The van der Waals surface area contributed by atoms with E-state index in [4.69, 9.17) is 9.47 Å². The second-order valence-corrected chi connectivity index (χ2v) is 7.19. The molecule has 2 nitrogen and oxygen atoms in total. The van der Waals surface area contributed by atoms with E-state index < -0.39 is 0 Å². The predicted octanol–water partition coefficient (Wildman–Crippen LogP) is 5.06. The van der Waals surface area contributed by atoms with Gasteiger partial charge in [-0.25, -0.2) is 8.78 Å². The van der Waals surface area contributed by atoms with E-state index in [0.717, 1.165) is 30.4 Å². The number of fused-ring (bicyclic) bond motifs is 6. The first-order valence-corrected chi connectivity index (χ1v) is 8.92. The Morgan fingerprint density at radius 2 is 1.20 bits per heavy atom. The van der Waals surface area contributed by atoms with Gasteiger partial charge in [-0.2, -0.15) is 0 Å². The van der Waals surface area contributed by atoms with Gasteiger partial charge in [-0.05, 0) is 44.2 Å². The Balaban J connectivity index is 1.83. The van der Waals surface area contributed by atoms with Gasteiger partial charge in [0.15, 0.2) is 23.1 Å². The Morgan fingerprint density at radius 1 is 0.760 bits per heavy atom. The number of halogens is 2. The molecule has 2 aromatic rings. The van der Waals surface area contributed by atoms with Crippen LogP contribution in [0.25, 0.3) is 0 Å². The molecule has 2 bridgehead atoms. The third kappa shape index (κ3) is 2.99. The highest BCUT2D eigenvalue weighted by Crippen LogP contribution is 2.37. The van der Waals surface area contributed by atoms with Crippen LogP contribution < -0.4 is 9.47 Å². The number of hydrogen-bond donors (Lipinski definition) is 0. The quantitative estimate of drug-likeness (QED) is 0.665. The Kier molecular flexibility index (Phi) is 4.14. The molecule has 2 aliphatic rings. The van der Waals surface area contributed by atoms with Gasteiger partial charge in [-0.1, -0.05) is 24.3 Å². The summed E-state index contributed by atoms with van der Waals surface area (Å²) in [7, 11) is 0. The summed E-state index contributed by atoms with van der Waals surface area (Å²) in [5.41, 5.74) is 2.76. The van der Waals surface area contributed by atoms with Crippen molar-refractivity contribution in [1.82, 2.24) is 0 Å². The van der Waals surface area contributed by atoms with E-state index in [-0.39, 0.29) is 23.8 Å². The van der Waals surface area contributed by atoms with Crippen molar-refractivity contribution in [2.75, 3.05) is 0 Å². The molecule has 4 heteroatoms. The minimum atomic E-state index is -0.293. The van der Waals surface area contributed by atoms with E-state index in [0.29, 0.717) is 35.5 Å². The van der Waals surface area contributed by atoms with Crippen LogP contribution in [0.5, 0.6) is 11.5 Å². The van der Waals surface area contributed by atoms with Crippen LogP contribution in [-0.4, -0.2) is 12.2 Å². The second-order valence-electron chi connectivity index (χ2n) is 7.19. The fraction of sp³-hybridized carbons (Fsp3) is 0.429. The standard InChI is InChI=1S/C21H22F2O2/c1-12-6-8-14-10-17-5-3-4-16(24-20(14)18(12)22)11-15-9-7-13(2)19(23)21(15)25-17/h6-9,16-17H,3-5,10-11H2,1-2H3. The van der Waals surface area contributed by atoms with Gasteiger partial charge in [0.1, 0.15) is 12.2 Å². The topological polar surface area (TPSA) is 18.5 Å². The molecule has 0 amide bonds. The molecule has 2 aromatic carbocycles. The molecule has 0 fully saturated rings. The predicted molar refractivity (Wildman–Crippen MR) is 92.4 cm³/mol. The summed E-state index contributed by atoms with van der Waals surface area (Å²) >= 11 is 0. The number of rotatable bonds is 0. The molecular weight excluding hydrogens is 322 g/mol.